The number of benzene rings is 2. The van der Waals surface area contributed by atoms with E-state index in [1.165, 1.54) is 12.1 Å². The van der Waals surface area contributed by atoms with Gasteiger partial charge in [-0.15, -0.1) is 0 Å². The molecule has 0 amide bonds. The van der Waals surface area contributed by atoms with Crippen LogP contribution in [0.25, 0.3) is 0 Å². The van der Waals surface area contributed by atoms with Gasteiger partial charge in [0.2, 0.25) is 0 Å². The molecule has 3 N–H and O–H groups in total. The summed E-state index contributed by atoms with van der Waals surface area (Å²) in [5.41, 5.74) is 4.82. The maximum Gasteiger partial charge on any atom is 0.123 e. The summed E-state index contributed by atoms with van der Waals surface area (Å²) in [6.07, 6.45) is 0.640. The van der Waals surface area contributed by atoms with E-state index in [0.29, 0.717) is 6.42 Å². The van der Waals surface area contributed by atoms with Crippen molar-refractivity contribution in [2.45, 2.75) is 12.5 Å². The molecule has 0 aromatic heterocycles. The van der Waals surface area contributed by atoms with Gasteiger partial charge in [-0.25, -0.2) is 4.39 Å². The van der Waals surface area contributed by atoms with Crippen LogP contribution < -0.4 is 11.3 Å². The molecule has 0 aliphatic rings. The van der Waals surface area contributed by atoms with Crippen LogP contribution in [0.15, 0.2) is 46.9 Å². The molecule has 0 bridgehead atoms. The quantitative estimate of drug-likeness (QED) is 0.434. The fourth-order valence-corrected chi connectivity index (χ4v) is 3.03. The maximum absolute atomic E-state index is 13.2. The van der Waals surface area contributed by atoms with Gasteiger partial charge in [-0.1, -0.05) is 28.1 Å². The van der Waals surface area contributed by atoms with Gasteiger partial charge in [0.1, 0.15) is 5.82 Å². The second-order valence-corrected chi connectivity index (χ2v) is 6.30. The van der Waals surface area contributed by atoms with Gasteiger partial charge in [0.05, 0.1) is 6.04 Å². The summed E-state index contributed by atoms with van der Waals surface area (Å²) in [7, 11) is 0. The molecule has 2 rings (SSSR count). The highest BCUT2D eigenvalue weighted by Crippen LogP contribution is 2.26. The fraction of sp³-hybridized carbons (Fsp3) is 0.143. The molecule has 19 heavy (non-hydrogen) atoms. The Morgan fingerprint density at radius 3 is 2.74 bits per heavy atom. The lowest BCUT2D eigenvalue weighted by molar-refractivity contribution is 0.546. The first-order chi connectivity index (χ1) is 9.10. The lowest BCUT2D eigenvalue weighted by Crippen LogP contribution is -2.30. The lowest BCUT2D eigenvalue weighted by Gasteiger charge is -2.18. The van der Waals surface area contributed by atoms with Gasteiger partial charge in [0.25, 0.3) is 0 Å². The third kappa shape index (κ3) is 3.98. The van der Waals surface area contributed by atoms with Crippen molar-refractivity contribution in [3.05, 3.63) is 67.5 Å². The van der Waals surface area contributed by atoms with Crippen molar-refractivity contribution in [1.82, 2.24) is 5.43 Å². The minimum atomic E-state index is -0.225. The minimum absolute atomic E-state index is 0.0498. The van der Waals surface area contributed by atoms with E-state index < -0.39 is 0 Å². The molecule has 1 unspecified atom stereocenters. The Balaban J connectivity index is 2.27. The molecule has 0 saturated heterocycles. The molecule has 0 spiro atoms. The number of nitrogens with one attached hydrogen (secondary N) is 1. The Morgan fingerprint density at radius 2 is 2.05 bits per heavy atom. The van der Waals surface area contributed by atoms with E-state index in [4.69, 9.17) is 5.84 Å². The van der Waals surface area contributed by atoms with E-state index >= 15 is 0 Å². The zero-order valence-electron chi connectivity index (χ0n) is 10.0. The summed E-state index contributed by atoms with van der Waals surface area (Å²) in [5, 5.41) is 0. The molecule has 2 aromatic carbocycles. The predicted octanol–water partition coefficient (Wildman–Crippen LogP) is 3.94. The van der Waals surface area contributed by atoms with Gasteiger partial charge in [0.15, 0.2) is 0 Å². The summed E-state index contributed by atoms with van der Waals surface area (Å²) in [6.45, 7) is 0. The Kier molecular flexibility index (Phi) is 5.32. The van der Waals surface area contributed by atoms with Crippen molar-refractivity contribution in [3.63, 3.8) is 0 Å². The highest BCUT2D eigenvalue weighted by Gasteiger charge is 2.14. The zero-order chi connectivity index (χ0) is 13.8. The van der Waals surface area contributed by atoms with E-state index in [0.717, 1.165) is 19.2 Å². The largest absolute Gasteiger partial charge is 0.271 e. The average Bonchev–Trinajstić information content (AvgIpc) is 2.39. The molecule has 5 heteroatoms. The number of hydrazine groups is 1. The van der Waals surface area contributed by atoms with Crippen LogP contribution in [0.4, 0.5) is 4.39 Å². The van der Waals surface area contributed by atoms with Crippen molar-refractivity contribution < 1.29 is 4.39 Å². The van der Waals surface area contributed by atoms with E-state index in [-0.39, 0.29) is 11.9 Å². The van der Waals surface area contributed by atoms with Crippen molar-refractivity contribution in [1.29, 1.82) is 0 Å². The summed E-state index contributed by atoms with van der Waals surface area (Å²) in [4.78, 5) is 0. The molecule has 0 aliphatic carbocycles. The van der Waals surface area contributed by atoms with Crippen molar-refractivity contribution in [3.8, 4) is 0 Å². The monoisotopic (exact) mass is 434 g/mol. The molecule has 1 atom stereocenters. The second kappa shape index (κ2) is 6.78. The van der Waals surface area contributed by atoms with Crippen LogP contribution in [0.5, 0.6) is 0 Å². The van der Waals surface area contributed by atoms with Crippen LogP contribution in [0, 0.1) is 9.39 Å². The third-order valence-corrected chi connectivity index (χ3v) is 4.34. The van der Waals surface area contributed by atoms with Gasteiger partial charge in [-0.05, 0) is 70.5 Å². The smallest absolute Gasteiger partial charge is 0.123 e. The van der Waals surface area contributed by atoms with Crippen LogP contribution in [-0.4, -0.2) is 0 Å². The number of hydrogen-bond acceptors (Lipinski definition) is 2. The van der Waals surface area contributed by atoms with Crippen LogP contribution in [0.1, 0.15) is 17.2 Å². The summed E-state index contributed by atoms with van der Waals surface area (Å²) in [5.74, 6) is 5.42. The SMILES string of the molecule is NNC(Cc1cccc(F)c1)c1cc(Br)ccc1I. The predicted molar refractivity (Wildman–Crippen MR) is 87.0 cm³/mol. The number of halogens is 3. The lowest BCUT2D eigenvalue weighted by atomic mass is 9.99. The topological polar surface area (TPSA) is 38.0 Å². The molecule has 0 saturated carbocycles. The van der Waals surface area contributed by atoms with E-state index in [1.807, 2.05) is 24.3 Å². The minimum Gasteiger partial charge on any atom is -0.271 e. The normalized spacial score (nSPS) is 12.4. The standard InChI is InChI=1S/C14H13BrFIN2/c15-10-4-5-13(17)12(8-10)14(19-18)7-9-2-1-3-11(16)6-9/h1-6,8,14,19H,7,18H2. The first-order valence-corrected chi connectivity index (χ1v) is 7.63. The summed E-state index contributed by atoms with van der Waals surface area (Å²) in [6, 6.07) is 12.6. The van der Waals surface area contributed by atoms with Gasteiger partial charge >= 0.3 is 0 Å². The molecule has 100 valence electrons. The third-order valence-electron chi connectivity index (χ3n) is 2.86. The van der Waals surface area contributed by atoms with Crippen LogP contribution in [0.2, 0.25) is 0 Å². The zero-order valence-corrected chi connectivity index (χ0v) is 13.8. The fourth-order valence-electron chi connectivity index (χ4n) is 1.94. The molecule has 0 fully saturated rings. The summed E-state index contributed by atoms with van der Waals surface area (Å²) < 4.78 is 15.3. The van der Waals surface area contributed by atoms with Crippen LogP contribution in [0.3, 0.4) is 0 Å². The van der Waals surface area contributed by atoms with Gasteiger partial charge in [0, 0.05) is 8.04 Å². The average molecular weight is 435 g/mol. The van der Waals surface area contributed by atoms with E-state index in [2.05, 4.69) is 43.9 Å². The van der Waals surface area contributed by atoms with Crippen molar-refractivity contribution in [2.75, 3.05) is 0 Å². The van der Waals surface area contributed by atoms with Crippen molar-refractivity contribution >= 4 is 38.5 Å². The van der Waals surface area contributed by atoms with E-state index in [9.17, 15) is 4.39 Å². The highest BCUT2D eigenvalue weighted by molar-refractivity contribution is 14.1. The Hall–Kier alpha value is -0.500. The molecular weight excluding hydrogens is 422 g/mol. The molecular formula is C14H13BrFIN2. The first-order valence-electron chi connectivity index (χ1n) is 5.75. The Bertz CT molecular complexity index is 577. The van der Waals surface area contributed by atoms with Gasteiger partial charge in [-0.3, -0.25) is 11.3 Å². The number of rotatable bonds is 4. The number of nitrogens with two attached hydrogens (primary N) is 1. The highest BCUT2D eigenvalue weighted by atomic mass is 127. The van der Waals surface area contributed by atoms with Crippen LogP contribution >= 0.6 is 38.5 Å². The van der Waals surface area contributed by atoms with Gasteiger partial charge < -0.3 is 0 Å². The Morgan fingerprint density at radius 1 is 1.26 bits per heavy atom. The maximum atomic E-state index is 13.2. The van der Waals surface area contributed by atoms with Gasteiger partial charge in [-0.2, -0.15) is 0 Å². The van der Waals surface area contributed by atoms with E-state index in [1.54, 1.807) is 6.07 Å². The summed E-state index contributed by atoms with van der Waals surface area (Å²) >= 11 is 5.73. The first kappa shape index (κ1) is 14.9. The molecule has 0 aliphatic heterocycles. The number of hydrogen-bond donors (Lipinski definition) is 2. The van der Waals surface area contributed by atoms with Crippen molar-refractivity contribution in [2.24, 2.45) is 5.84 Å². The van der Waals surface area contributed by atoms with Crippen LogP contribution in [-0.2, 0) is 6.42 Å². The molecule has 2 nitrogen and oxygen atoms in total. The second-order valence-electron chi connectivity index (χ2n) is 4.22. The molecule has 0 radical (unpaired) electrons. The Labute approximate surface area is 133 Å². The molecule has 2 aromatic rings. The molecule has 0 heterocycles.